The molecule has 27 heavy (non-hydrogen) atoms. The minimum Gasteiger partial charge on any atom is -0.377 e. The van der Waals surface area contributed by atoms with Crippen molar-refractivity contribution in [1.82, 2.24) is 0 Å². The molecule has 0 unspecified atom stereocenters. The summed E-state index contributed by atoms with van der Waals surface area (Å²) in [4.78, 5) is 0. The van der Waals surface area contributed by atoms with E-state index in [9.17, 15) is 0 Å². The van der Waals surface area contributed by atoms with Crippen molar-refractivity contribution in [3.63, 3.8) is 0 Å². The maximum Gasteiger partial charge on any atom is 0.500 e. The van der Waals surface area contributed by atoms with Crippen LogP contribution in [-0.2, 0) is 22.8 Å². The van der Waals surface area contributed by atoms with Crippen LogP contribution in [0.1, 0.15) is 19.3 Å². The van der Waals surface area contributed by atoms with E-state index in [0.717, 1.165) is 36.9 Å². The van der Waals surface area contributed by atoms with Gasteiger partial charge >= 0.3 is 8.80 Å². The molecule has 0 heterocycles. The highest BCUT2D eigenvalue weighted by Gasteiger charge is 2.36. The van der Waals surface area contributed by atoms with Crippen molar-refractivity contribution < 1.29 is 22.8 Å². The van der Waals surface area contributed by atoms with Gasteiger partial charge in [0.05, 0.1) is 9.52 Å². The van der Waals surface area contributed by atoms with Gasteiger partial charge in [-0.25, -0.2) is 0 Å². The average Bonchev–Trinajstić information content (AvgIpc) is 2.72. The molecule has 11 heteroatoms. The number of halogens is 2. The molecule has 0 saturated carbocycles. The van der Waals surface area contributed by atoms with E-state index >= 15 is 0 Å². The van der Waals surface area contributed by atoms with Crippen LogP contribution in [0.15, 0.2) is 0 Å². The largest absolute Gasteiger partial charge is 0.500 e. The van der Waals surface area contributed by atoms with E-state index in [1.165, 1.54) is 17.8 Å². The summed E-state index contributed by atoms with van der Waals surface area (Å²) in [7, 11) is 5.64. The predicted octanol–water partition coefficient (Wildman–Crippen LogP) is 3.70. The molecule has 6 nitrogen and oxygen atoms in total. The molecule has 0 aromatic carbocycles. The third kappa shape index (κ3) is 22.8. The van der Waals surface area contributed by atoms with Crippen molar-refractivity contribution in [1.29, 1.82) is 5.26 Å². The number of ether oxygens (including phenoxy) is 2. The van der Waals surface area contributed by atoms with Gasteiger partial charge in [0, 0.05) is 59.1 Å². The van der Waals surface area contributed by atoms with E-state index < -0.39 is 8.80 Å². The number of rotatable bonds is 14. The highest BCUT2D eigenvalue weighted by Crippen LogP contribution is 2.14. The van der Waals surface area contributed by atoms with Crippen LogP contribution >= 0.6 is 35.0 Å². The second-order valence-electron chi connectivity index (χ2n) is 4.97. The summed E-state index contributed by atoms with van der Waals surface area (Å²) in [5, 5.41) is 9.83. The van der Waals surface area contributed by atoms with Crippen LogP contribution in [0.2, 0.25) is 12.1 Å². The molecule has 0 aromatic heterocycles. The summed E-state index contributed by atoms with van der Waals surface area (Å²) in [5.74, 6) is 2.32. The molecule has 0 aliphatic carbocycles. The zero-order valence-electron chi connectivity index (χ0n) is 17.3. The number of nitrogens with zero attached hydrogens (tertiary/aromatic N) is 1. The summed E-state index contributed by atoms with van der Waals surface area (Å²) in [6, 6.07) is 1.98. The van der Waals surface area contributed by atoms with Gasteiger partial charge in [0.2, 0.25) is 0 Å². The number of hydrogen-bond acceptors (Lipinski definition) is 7. The number of thioether (sulfide) groups is 1. The Morgan fingerprint density at radius 1 is 1.04 bits per heavy atom. The number of thiocyanates is 1. The highest BCUT2D eigenvalue weighted by molar-refractivity contribution is 8.03. The first-order valence-corrected chi connectivity index (χ1v) is 14.4. The average molecular weight is 482 g/mol. The SMILES string of the molecule is COC(OC)[SiH2]CCCCl.CO[Si](CCCCl)(OC)OC.[CH2]CCSC#N. The Labute approximate surface area is 183 Å². The Kier molecular flexibility index (Phi) is 31.9. The Balaban J connectivity index is -0.000000334. The molecule has 0 bridgehead atoms. The summed E-state index contributed by atoms with van der Waals surface area (Å²) < 4.78 is 25.6. The summed E-state index contributed by atoms with van der Waals surface area (Å²) in [6.07, 6.45) is 2.80. The first kappa shape index (κ1) is 32.3. The van der Waals surface area contributed by atoms with Crippen molar-refractivity contribution in [2.75, 3.05) is 53.1 Å². The molecule has 0 atom stereocenters. The maximum atomic E-state index is 7.88. The Bertz CT molecular complexity index is 315. The van der Waals surface area contributed by atoms with Crippen molar-refractivity contribution in [3.8, 4) is 5.40 Å². The molecular formula is C16H36Cl2NO5SSi2. The topological polar surface area (TPSA) is 69.9 Å². The van der Waals surface area contributed by atoms with Crippen LogP contribution in [0, 0.1) is 17.6 Å². The van der Waals surface area contributed by atoms with Crippen molar-refractivity contribution >= 4 is 53.3 Å². The van der Waals surface area contributed by atoms with Crippen LogP contribution in [-0.4, -0.2) is 77.3 Å². The molecule has 0 rings (SSSR count). The van der Waals surface area contributed by atoms with Gasteiger partial charge in [0.25, 0.3) is 0 Å². The predicted molar refractivity (Wildman–Crippen MR) is 121 cm³/mol. The van der Waals surface area contributed by atoms with Crippen molar-refractivity contribution in [3.05, 3.63) is 6.92 Å². The molecule has 0 spiro atoms. The van der Waals surface area contributed by atoms with Gasteiger partial charge in [0.15, 0.2) is 0 Å². The number of alkyl halides is 2. The van der Waals surface area contributed by atoms with E-state index in [1.54, 1.807) is 35.5 Å². The van der Waals surface area contributed by atoms with Crippen molar-refractivity contribution in [2.45, 2.75) is 37.3 Å². The van der Waals surface area contributed by atoms with Crippen LogP contribution in [0.4, 0.5) is 0 Å². The molecule has 0 N–H and O–H groups in total. The molecule has 0 saturated heterocycles. The van der Waals surface area contributed by atoms with Gasteiger partial charge in [-0.05, 0) is 31.0 Å². The fourth-order valence-corrected chi connectivity index (χ4v) is 5.86. The van der Waals surface area contributed by atoms with Gasteiger partial charge in [-0.2, -0.15) is 5.26 Å². The van der Waals surface area contributed by atoms with E-state index in [1.807, 2.05) is 5.40 Å². The molecule has 163 valence electrons. The van der Waals surface area contributed by atoms with Crippen LogP contribution in [0.3, 0.4) is 0 Å². The van der Waals surface area contributed by atoms with E-state index in [2.05, 4.69) is 6.92 Å². The molecule has 0 amide bonds. The lowest BCUT2D eigenvalue weighted by atomic mass is 10.6. The summed E-state index contributed by atoms with van der Waals surface area (Å²) in [5.41, 5.74) is 0. The standard InChI is InChI=1S/C6H15ClO3Si.C6H15ClO2Si.C4H6NS/c1-8-11(9-2,10-3)6-4-5-7;1-8-6(9-2)10-5-3-4-7;1-2-3-6-4-5/h4-6H2,1-3H3;6H,3-5,10H2,1-2H3;1-3H2. The third-order valence-corrected chi connectivity index (χ3v) is 9.24. The third-order valence-electron chi connectivity index (χ3n) is 3.21. The van der Waals surface area contributed by atoms with Gasteiger partial charge < -0.3 is 22.8 Å². The normalized spacial score (nSPS) is 11.0. The van der Waals surface area contributed by atoms with Crippen LogP contribution in [0.25, 0.3) is 0 Å². The first-order valence-electron chi connectivity index (χ1n) is 8.64. The Hall–Kier alpha value is 0.654. The van der Waals surface area contributed by atoms with E-state index in [-0.39, 0.29) is 15.4 Å². The van der Waals surface area contributed by atoms with Gasteiger partial charge in [-0.3, -0.25) is 0 Å². The van der Waals surface area contributed by atoms with Crippen LogP contribution < -0.4 is 0 Å². The summed E-state index contributed by atoms with van der Waals surface area (Å²) >= 11 is 12.3. The molecule has 0 aliphatic rings. The van der Waals surface area contributed by atoms with Crippen LogP contribution in [0.5, 0.6) is 0 Å². The lowest BCUT2D eigenvalue weighted by molar-refractivity contribution is -0.0441. The zero-order valence-corrected chi connectivity index (χ0v) is 22.0. The molecule has 0 aliphatic heterocycles. The minimum atomic E-state index is -2.32. The molecule has 1 radical (unpaired) electrons. The first-order chi connectivity index (χ1) is 13.0. The fraction of sp³-hybridized carbons (Fsp3) is 0.875. The van der Waals surface area contributed by atoms with Gasteiger partial charge in [-0.1, -0.05) is 13.0 Å². The Morgan fingerprint density at radius 2 is 1.56 bits per heavy atom. The number of hydrogen-bond donors (Lipinski definition) is 0. The number of methoxy groups -OCH3 is 2. The van der Waals surface area contributed by atoms with Crippen molar-refractivity contribution in [2.24, 2.45) is 0 Å². The van der Waals surface area contributed by atoms with Gasteiger partial charge in [0.1, 0.15) is 11.3 Å². The van der Waals surface area contributed by atoms with E-state index in [4.69, 9.17) is 51.2 Å². The zero-order chi connectivity index (χ0) is 21.4. The smallest absolute Gasteiger partial charge is 0.377 e. The highest BCUT2D eigenvalue weighted by atomic mass is 35.5. The fourth-order valence-electron chi connectivity index (χ4n) is 1.69. The molecule has 0 fully saturated rings. The van der Waals surface area contributed by atoms with Gasteiger partial charge in [-0.15, -0.1) is 23.2 Å². The van der Waals surface area contributed by atoms with E-state index in [0.29, 0.717) is 5.88 Å². The quantitative estimate of drug-likeness (QED) is 0.123. The molecular weight excluding hydrogens is 445 g/mol. The second kappa shape index (κ2) is 26.7. The lowest BCUT2D eigenvalue weighted by Gasteiger charge is -2.23. The second-order valence-corrected chi connectivity index (χ2v) is 11.6. The monoisotopic (exact) mass is 480 g/mol. The molecule has 0 aromatic rings. The maximum absolute atomic E-state index is 7.88. The minimum absolute atomic E-state index is 0.0863. The number of nitriles is 1. The Morgan fingerprint density at radius 3 is 1.85 bits per heavy atom. The lowest BCUT2D eigenvalue weighted by Crippen LogP contribution is -2.42. The summed E-state index contributed by atoms with van der Waals surface area (Å²) in [6.45, 7) is 3.55.